The van der Waals surface area contributed by atoms with Crippen molar-refractivity contribution in [2.24, 2.45) is 0 Å². The van der Waals surface area contributed by atoms with Gasteiger partial charge < -0.3 is 22.0 Å². The highest BCUT2D eigenvalue weighted by molar-refractivity contribution is 5.46. The molecule has 2 aromatic carbocycles. The van der Waals surface area contributed by atoms with Gasteiger partial charge in [-0.05, 0) is 28.1 Å². The van der Waals surface area contributed by atoms with Crippen LogP contribution < -0.4 is 17.3 Å². The highest BCUT2D eigenvalue weighted by atomic mass is 35.5. The molecule has 0 aliphatic carbocycles. The summed E-state index contributed by atoms with van der Waals surface area (Å²) in [5.41, 5.74) is 2.49. The molecule has 29 heavy (non-hydrogen) atoms. The summed E-state index contributed by atoms with van der Waals surface area (Å²) >= 11 is 0. The number of hydrogen-bond donors (Lipinski definition) is 0. The zero-order valence-electron chi connectivity index (χ0n) is 16.6. The van der Waals surface area contributed by atoms with Gasteiger partial charge in [-0.2, -0.15) is 0 Å². The number of para-hydroxylation sites is 1. The first-order valence-corrected chi connectivity index (χ1v) is 9.71. The number of tetrazole rings is 1. The predicted octanol–water partition coefficient (Wildman–Crippen LogP) is -0.765. The Morgan fingerprint density at radius 1 is 0.931 bits per heavy atom. The van der Waals surface area contributed by atoms with Crippen molar-refractivity contribution >= 4 is 5.69 Å². The summed E-state index contributed by atoms with van der Waals surface area (Å²) in [5, 5.41) is 12.5. The minimum absolute atomic E-state index is 0. The first-order valence-electron chi connectivity index (χ1n) is 9.71. The molecule has 1 saturated heterocycles. The van der Waals surface area contributed by atoms with E-state index in [9.17, 15) is 0 Å². The summed E-state index contributed by atoms with van der Waals surface area (Å²) in [4.78, 5) is 4.91. The zero-order valence-corrected chi connectivity index (χ0v) is 17.3. The third-order valence-corrected chi connectivity index (χ3v) is 5.23. The molecule has 0 bridgehead atoms. The second-order valence-electron chi connectivity index (χ2n) is 6.92. The van der Waals surface area contributed by atoms with E-state index < -0.39 is 0 Å². The van der Waals surface area contributed by atoms with Gasteiger partial charge in [-0.25, -0.2) is 4.68 Å². The molecule has 0 radical (unpaired) electrons. The molecular weight excluding hydrogens is 388 g/mol. The van der Waals surface area contributed by atoms with E-state index in [2.05, 4.69) is 79.9 Å². The third kappa shape index (κ3) is 4.93. The lowest BCUT2D eigenvalue weighted by Crippen LogP contribution is -3.00. The van der Waals surface area contributed by atoms with Crippen molar-refractivity contribution < 1.29 is 17.1 Å². The molecule has 1 aliphatic heterocycles. The van der Waals surface area contributed by atoms with Crippen LogP contribution in [-0.4, -0.2) is 65.0 Å². The standard InChI is InChI=1S/C21H26N6O.ClH/c1-28-17-16-27-21(22-23-24-27)20(18-8-4-2-5-9-18)26-14-12-25(13-15-26)19-10-6-3-7-11-19;/h2-11,20H,12-17H2,1H3;1H/p-1. The third-order valence-electron chi connectivity index (χ3n) is 5.23. The highest BCUT2D eigenvalue weighted by Crippen LogP contribution is 2.28. The molecule has 0 N–H and O–H groups in total. The van der Waals surface area contributed by atoms with Gasteiger partial charge in [0.2, 0.25) is 0 Å². The summed E-state index contributed by atoms with van der Waals surface area (Å²) in [6.45, 7) is 5.09. The minimum Gasteiger partial charge on any atom is -1.00 e. The molecule has 2 heterocycles. The average Bonchev–Trinajstić information content (AvgIpc) is 3.22. The van der Waals surface area contributed by atoms with Gasteiger partial charge in [0.05, 0.1) is 19.2 Å². The van der Waals surface area contributed by atoms with E-state index in [1.54, 1.807) is 7.11 Å². The molecular formula is C21H26ClN6O-. The number of ether oxygens (including phenoxy) is 1. The van der Waals surface area contributed by atoms with Crippen molar-refractivity contribution in [1.29, 1.82) is 0 Å². The number of benzene rings is 2. The molecule has 1 aliphatic rings. The molecule has 154 valence electrons. The molecule has 7 nitrogen and oxygen atoms in total. The molecule has 1 atom stereocenters. The lowest BCUT2D eigenvalue weighted by Gasteiger charge is -2.39. The Bertz CT molecular complexity index is 852. The molecule has 8 heteroatoms. The van der Waals surface area contributed by atoms with E-state index in [4.69, 9.17) is 4.74 Å². The Hall–Kier alpha value is -2.48. The normalized spacial score (nSPS) is 15.7. The fraction of sp³-hybridized carbons (Fsp3) is 0.381. The van der Waals surface area contributed by atoms with Crippen LogP contribution in [0.15, 0.2) is 60.7 Å². The van der Waals surface area contributed by atoms with Gasteiger partial charge in [-0.3, -0.25) is 4.90 Å². The van der Waals surface area contributed by atoms with Crippen LogP contribution in [0.25, 0.3) is 0 Å². The van der Waals surface area contributed by atoms with Gasteiger partial charge in [0, 0.05) is 39.0 Å². The largest absolute Gasteiger partial charge is 1.00 e. The predicted molar refractivity (Wildman–Crippen MR) is 108 cm³/mol. The number of piperazine rings is 1. The number of halogens is 1. The van der Waals surface area contributed by atoms with Crippen molar-refractivity contribution in [2.75, 3.05) is 44.8 Å². The highest BCUT2D eigenvalue weighted by Gasteiger charge is 2.30. The maximum absolute atomic E-state index is 5.23. The van der Waals surface area contributed by atoms with E-state index in [-0.39, 0.29) is 18.4 Å². The Balaban J connectivity index is 0.00000240. The summed E-state index contributed by atoms with van der Waals surface area (Å²) in [6, 6.07) is 21.1. The van der Waals surface area contributed by atoms with Crippen molar-refractivity contribution in [1.82, 2.24) is 25.1 Å². The number of hydrogen-bond acceptors (Lipinski definition) is 6. The topological polar surface area (TPSA) is 59.3 Å². The van der Waals surface area contributed by atoms with Gasteiger partial charge in [-0.15, -0.1) is 5.10 Å². The fourth-order valence-corrected chi connectivity index (χ4v) is 3.78. The van der Waals surface area contributed by atoms with Crippen LogP contribution in [0.4, 0.5) is 5.69 Å². The minimum atomic E-state index is 0. The number of nitrogens with zero attached hydrogens (tertiary/aromatic N) is 6. The Morgan fingerprint density at radius 2 is 1.59 bits per heavy atom. The van der Waals surface area contributed by atoms with Crippen molar-refractivity contribution in [2.45, 2.75) is 12.6 Å². The van der Waals surface area contributed by atoms with Crippen molar-refractivity contribution in [3.05, 3.63) is 72.1 Å². The molecule has 0 amide bonds. The van der Waals surface area contributed by atoms with E-state index in [0.29, 0.717) is 13.2 Å². The zero-order chi connectivity index (χ0) is 19.2. The van der Waals surface area contributed by atoms with Gasteiger partial charge in [0.25, 0.3) is 0 Å². The van der Waals surface area contributed by atoms with Crippen LogP contribution in [0.5, 0.6) is 0 Å². The van der Waals surface area contributed by atoms with E-state index in [0.717, 1.165) is 32.0 Å². The van der Waals surface area contributed by atoms with Crippen LogP contribution in [0, 0.1) is 0 Å². The van der Waals surface area contributed by atoms with Crippen LogP contribution in [-0.2, 0) is 11.3 Å². The summed E-state index contributed by atoms with van der Waals surface area (Å²) in [5.74, 6) is 0.872. The number of anilines is 1. The fourth-order valence-electron chi connectivity index (χ4n) is 3.78. The molecule has 0 spiro atoms. The Kier molecular flexibility index (Phi) is 7.57. The van der Waals surface area contributed by atoms with Crippen LogP contribution in [0.2, 0.25) is 0 Å². The average molecular weight is 414 g/mol. The molecule has 1 unspecified atom stereocenters. The van der Waals surface area contributed by atoms with E-state index in [1.165, 1.54) is 11.3 Å². The molecule has 1 fully saturated rings. The van der Waals surface area contributed by atoms with Gasteiger partial charge in [-0.1, -0.05) is 48.5 Å². The first kappa shape index (κ1) is 21.2. The van der Waals surface area contributed by atoms with E-state index in [1.807, 2.05) is 10.7 Å². The summed E-state index contributed by atoms with van der Waals surface area (Å²) < 4.78 is 7.09. The number of rotatable bonds is 7. The SMILES string of the molecule is COCCn1nnnc1C(c1ccccc1)N1CCN(c2ccccc2)CC1.[Cl-]. The number of aromatic nitrogens is 4. The Morgan fingerprint density at radius 3 is 2.24 bits per heavy atom. The van der Waals surface area contributed by atoms with Crippen molar-refractivity contribution in [3.8, 4) is 0 Å². The molecule has 4 rings (SSSR count). The van der Waals surface area contributed by atoms with Crippen molar-refractivity contribution in [3.63, 3.8) is 0 Å². The van der Waals surface area contributed by atoms with Crippen LogP contribution >= 0.6 is 0 Å². The molecule has 3 aromatic rings. The van der Waals surface area contributed by atoms with Gasteiger partial charge in [0.1, 0.15) is 0 Å². The lowest BCUT2D eigenvalue weighted by molar-refractivity contribution is -0.00000618. The summed E-state index contributed by atoms with van der Waals surface area (Å²) in [7, 11) is 1.70. The van der Waals surface area contributed by atoms with Gasteiger partial charge >= 0.3 is 0 Å². The molecule has 0 saturated carbocycles. The maximum atomic E-state index is 5.23. The second-order valence-corrected chi connectivity index (χ2v) is 6.92. The van der Waals surface area contributed by atoms with Gasteiger partial charge in [0.15, 0.2) is 5.82 Å². The quantitative estimate of drug-likeness (QED) is 0.507. The lowest BCUT2D eigenvalue weighted by atomic mass is 10.0. The van der Waals surface area contributed by atoms with Crippen LogP contribution in [0.1, 0.15) is 17.4 Å². The Labute approximate surface area is 177 Å². The smallest absolute Gasteiger partial charge is 0.173 e. The van der Waals surface area contributed by atoms with E-state index >= 15 is 0 Å². The first-order chi connectivity index (χ1) is 13.9. The maximum Gasteiger partial charge on any atom is 0.173 e. The monoisotopic (exact) mass is 413 g/mol. The number of methoxy groups -OCH3 is 1. The second kappa shape index (κ2) is 10.3. The van der Waals surface area contributed by atoms with Crippen LogP contribution in [0.3, 0.4) is 0 Å². The summed E-state index contributed by atoms with van der Waals surface area (Å²) in [6.07, 6.45) is 0. The molecule has 1 aromatic heterocycles.